The zero-order valence-electron chi connectivity index (χ0n) is 10.0. The van der Waals surface area contributed by atoms with E-state index >= 15 is 0 Å². The van der Waals surface area contributed by atoms with E-state index in [9.17, 15) is 13.2 Å². The van der Waals surface area contributed by atoms with Crippen LogP contribution in [0.5, 0.6) is 0 Å². The van der Waals surface area contributed by atoms with E-state index in [1.807, 2.05) is 0 Å². The smallest absolute Gasteiger partial charge is 0.416 e. The van der Waals surface area contributed by atoms with Gasteiger partial charge in [0.1, 0.15) is 18.0 Å². The summed E-state index contributed by atoms with van der Waals surface area (Å²) in [5.41, 5.74) is 5.39. The minimum atomic E-state index is -4.35. The summed E-state index contributed by atoms with van der Waals surface area (Å²) < 4.78 is 42.6. The molecule has 0 saturated heterocycles. The lowest BCUT2D eigenvalue weighted by Crippen LogP contribution is -2.23. The lowest BCUT2D eigenvalue weighted by molar-refractivity contribution is -0.223. The topological polar surface area (TPSA) is 64.0 Å². The highest BCUT2D eigenvalue weighted by Gasteiger charge is 2.30. The molecule has 19 heavy (non-hydrogen) atoms. The van der Waals surface area contributed by atoms with Crippen molar-refractivity contribution in [2.75, 3.05) is 0 Å². The zero-order chi connectivity index (χ0) is 14.0. The summed E-state index contributed by atoms with van der Waals surface area (Å²) in [6, 6.07) is 4.61. The largest absolute Gasteiger partial charge is 0.441 e. The number of nitrogens with zero attached hydrogens (tertiary/aromatic N) is 2. The van der Waals surface area contributed by atoms with Crippen molar-refractivity contribution in [1.29, 1.82) is 0 Å². The van der Waals surface area contributed by atoms with Crippen LogP contribution in [0, 0.1) is 6.92 Å². The molecule has 0 aliphatic carbocycles. The molecule has 0 radical (unpaired) electrons. The molecule has 0 spiro atoms. The van der Waals surface area contributed by atoms with Crippen molar-refractivity contribution >= 4 is 0 Å². The van der Waals surface area contributed by atoms with Gasteiger partial charge >= 0.3 is 6.18 Å². The van der Waals surface area contributed by atoms with Gasteiger partial charge in [-0.1, -0.05) is 0 Å². The van der Waals surface area contributed by atoms with E-state index in [-0.39, 0.29) is 12.4 Å². The Kier molecular flexibility index (Phi) is 3.37. The quantitative estimate of drug-likeness (QED) is 0.870. The number of rotatable bonds is 3. The molecule has 7 heteroatoms. The molecule has 4 nitrogen and oxygen atoms in total. The third kappa shape index (κ3) is 2.81. The molecule has 0 aliphatic rings. The van der Waals surface area contributed by atoms with Crippen LogP contribution >= 0.6 is 0 Å². The summed E-state index contributed by atoms with van der Waals surface area (Å²) in [5.74, 6) is 0.800. The molecule has 1 heterocycles. The lowest BCUT2D eigenvalue weighted by atomic mass is 10.1. The van der Waals surface area contributed by atoms with Crippen LogP contribution < -0.4 is 5.53 Å². The highest BCUT2D eigenvalue weighted by atomic mass is 19.4. The number of oxazole rings is 1. The first kappa shape index (κ1) is 13.3. The summed E-state index contributed by atoms with van der Waals surface area (Å²) in [6.07, 6.45) is -4.35. The van der Waals surface area contributed by atoms with Crippen LogP contribution in [0.3, 0.4) is 0 Å². The van der Waals surface area contributed by atoms with Crippen LogP contribution in [0.2, 0.25) is 0 Å². The summed E-state index contributed by atoms with van der Waals surface area (Å²) in [6.45, 7) is 1.90. The summed E-state index contributed by atoms with van der Waals surface area (Å²) >= 11 is 0. The van der Waals surface area contributed by atoms with E-state index in [0.717, 1.165) is 12.1 Å². The van der Waals surface area contributed by atoms with E-state index in [1.54, 1.807) is 6.92 Å². The van der Waals surface area contributed by atoms with Gasteiger partial charge in [-0.25, -0.2) is 4.98 Å². The number of hydrogen-bond donors (Lipinski definition) is 1. The fourth-order valence-corrected chi connectivity index (χ4v) is 1.59. The number of aromatic nitrogens is 1. The second-order valence-corrected chi connectivity index (χ2v) is 3.94. The first-order chi connectivity index (χ1) is 8.91. The van der Waals surface area contributed by atoms with Crippen molar-refractivity contribution < 1.29 is 23.1 Å². The highest BCUT2D eigenvalue weighted by molar-refractivity contribution is 5.54. The van der Waals surface area contributed by atoms with Crippen molar-refractivity contribution in [3.63, 3.8) is 0 Å². The Labute approximate surface area is 106 Å². The number of alkyl halides is 3. The van der Waals surface area contributed by atoms with Crippen LogP contribution in [0.1, 0.15) is 17.0 Å². The van der Waals surface area contributed by atoms with Gasteiger partial charge in [-0.15, -0.1) is 0 Å². The Morgan fingerprint density at radius 3 is 2.42 bits per heavy atom. The molecule has 0 atom stereocenters. The molecular formula is C12H11F3N3O+. The van der Waals surface area contributed by atoms with E-state index in [0.29, 0.717) is 17.0 Å². The highest BCUT2D eigenvalue weighted by Crippen LogP contribution is 2.31. The van der Waals surface area contributed by atoms with Gasteiger partial charge in [0, 0.05) is 5.56 Å². The van der Waals surface area contributed by atoms with Crippen molar-refractivity contribution in [3.05, 3.63) is 41.3 Å². The maximum absolute atomic E-state index is 12.4. The molecule has 0 saturated carbocycles. The monoisotopic (exact) mass is 270 g/mol. The maximum atomic E-state index is 12.4. The van der Waals surface area contributed by atoms with Gasteiger partial charge in [-0.3, -0.25) is 0 Å². The third-order valence-electron chi connectivity index (χ3n) is 2.59. The molecule has 0 aliphatic heterocycles. The number of benzene rings is 1. The molecule has 100 valence electrons. The Bertz CT molecular complexity index is 587. The predicted molar refractivity (Wildman–Crippen MR) is 59.7 cm³/mol. The van der Waals surface area contributed by atoms with Gasteiger partial charge in [0.15, 0.2) is 0 Å². The first-order valence-electron chi connectivity index (χ1n) is 5.42. The molecule has 2 aromatic rings. The summed E-state index contributed by atoms with van der Waals surface area (Å²) in [7, 11) is 0. The van der Waals surface area contributed by atoms with Crippen LogP contribution in [-0.4, -0.2) is 4.98 Å². The second-order valence-electron chi connectivity index (χ2n) is 3.94. The molecule has 0 amide bonds. The number of halogens is 3. The molecule has 2 N–H and O–H groups in total. The molecular weight excluding hydrogens is 259 g/mol. The number of aryl methyl sites for hydroxylation is 1. The standard InChI is InChI=1S/C12H10F3N3O/c1-7-10(6-17-16)18-11(19-7)8-2-4-9(5-3-8)12(13,14)15/h2-5,16H,6H2,1H3/p+1. The van der Waals surface area contributed by atoms with E-state index < -0.39 is 11.7 Å². The summed E-state index contributed by atoms with van der Waals surface area (Å²) in [4.78, 5) is 4.14. The summed E-state index contributed by atoms with van der Waals surface area (Å²) in [5, 5.41) is 3.45. The Hall–Kier alpha value is -2.18. The van der Waals surface area contributed by atoms with Crippen molar-refractivity contribution in [3.8, 4) is 11.5 Å². The van der Waals surface area contributed by atoms with Crippen LogP contribution in [-0.2, 0) is 12.7 Å². The van der Waals surface area contributed by atoms with Gasteiger partial charge in [-0.2, -0.15) is 18.7 Å². The average molecular weight is 270 g/mol. The molecule has 1 aromatic heterocycles. The van der Waals surface area contributed by atoms with Crippen molar-refractivity contribution in [1.82, 2.24) is 4.98 Å². The van der Waals surface area contributed by atoms with Gasteiger partial charge in [0.05, 0.1) is 5.56 Å². The van der Waals surface area contributed by atoms with Crippen LogP contribution in [0.15, 0.2) is 33.8 Å². The Morgan fingerprint density at radius 1 is 1.26 bits per heavy atom. The zero-order valence-corrected chi connectivity index (χ0v) is 10.0. The SMILES string of the molecule is Cc1oc(-c2ccc(C(F)(F)F)cc2)nc1CN=[NH2+]. The third-order valence-corrected chi connectivity index (χ3v) is 2.59. The van der Waals surface area contributed by atoms with Gasteiger partial charge in [0.25, 0.3) is 0 Å². The predicted octanol–water partition coefficient (Wildman–Crippen LogP) is 2.38. The molecule has 0 fully saturated rings. The molecule has 0 bridgehead atoms. The number of hydrogen-bond acceptors (Lipinski definition) is 3. The van der Waals surface area contributed by atoms with E-state index in [4.69, 9.17) is 9.95 Å². The average Bonchev–Trinajstić information content (AvgIpc) is 2.71. The fourth-order valence-electron chi connectivity index (χ4n) is 1.59. The molecule has 1 aromatic carbocycles. The van der Waals surface area contributed by atoms with Gasteiger partial charge in [0.2, 0.25) is 5.89 Å². The van der Waals surface area contributed by atoms with Crippen LogP contribution in [0.4, 0.5) is 13.2 Å². The molecule has 0 unspecified atom stereocenters. The molecule has 2 rings (SSSR count). The maximum Gasteiger partial charge on any atom is 0.416 e. The minimum absolute atomic E-state index is 0.204. The fraction of sp³-hybridized carbons (Fsp3) is 0.250. The van der Waals surface area contributed by atoms with Crippen molar-refractivity contribution in [2.45, 2.75) is 19.6 Å². The van der Waals surface area contributed by atoms with Crippen molar-refractivity contribution in [2.24, 2.45) is 5.11 Å². The Morgan fingerprint density at radius 2 is 1.89 bits per heavy atom. The van der Waals surface area contributed by atoms with E-state index in [2.05, 4.69) is 10.1 Å². The normalized spacial score (nSPS) is 11.6. The van der Waals surface area contributed by atoms with E-state index in [1.165, 1.54) is 12.1 Å². The number of nitrogens with two attached hydrogens (primary N) is 1. The first-order valence-corrected chi connectivity index (χ1v) is 5.42. The lowest BCUT2D eigenvalue weighted by Gasteiger charge is -2.05. The minimum Gasteiger partial charge on any atom is -0.441 e. The second kappa shape index (κ2) is 4.83. The Balaban J connectivity index is 2.32. The van der Waals surface area contributed by atoms with Gasteiger partial charge in [-0.05, 0) is 36.3 Å². The van der Waals surface area contributed by atoms with Crippen LogP contribution in [0.25, 0.3) is 11.5 Å². The van der Waals surface area contributed by atoms with Gasteiger partial charge < -0.3 is 4.42 Å².